The first-order valence-corrected chi connectivity index (χ1v) is 13.8. The monoisotopic (exact) mass is 550 g/mol. The van der Waals surface area contributed by atoms with E-state index in [4.69, 9.17) is 4.74 Å². The van der Waals surface area contributed by atoms with Crippen LogP contribution in [-0.2, 0) is 9.53 Å². The van der Waals surface area contributed by atoms with Crippen LogP contribution in [0.2, 0.25) is 0 Å². The van der Waals surface area contributed by atoms with Crippen LogP contribution in [0.3, 0.4) is 0 Å². The van der Waals surface area contributed by atoms with E-state index in [0.29, 0.717) is 32.9 Å². The molecule has 4 aromatic rings. The largest absolute Gasteiger partial charge is 0.378 e. The van der Waals surface area contributed by atoms with E-state index in [-0.39, 0.29) is 17.6 Å². The maximum absolute atomic E-state index is 13.4. The quantitative estimate of drug-likeness (QED) is 0.234. The smallest absolute Gasteiger partial charge is 0.265 e. The van der Waals surface area contributed by atoms with Gasteiger partial charge in [0.1, 0.15) is 5.92 Å². The van der Waals surface area contributed by atoms with Crippen molar-refractivity contribution in [2.75, 3.05) is 41.8 Å². The summed E-state index contributed by atoms with van der Waals surface area (Å²) in [5.41, 5.74) is 4.64. The fourth-order valence-electron chi connectivity index (χ4n) is 4.81. The molecule has 6 rings (SSSR count). The Labute approximate surface area is 235 Å². The Kier molecular flexibility index (Phi) is 7.22. The zero-order chi connectivity index (χ0) is 27.5. The Bertz CT molecular complexity index is 1590. The predicted octanol–water partition coefficient (Wildman–Crippen LogP) is 5.51. The number of carbonyl (C=O) groups excluding carboxylic acids is 3. The predicted molar refractivity (Wildman–Crippen MR) is 158 cm³/mol. The number of hydrogen-bond acceptors (Lipinski definition) is 7. The summed E-state index contributed by atoms with van der Waals surface area (Å²) in [7, 11) is 0. The van der Waals surface area contributed by atoms with Gasteiger partial charge < -0.3 is 20.3 Å². The molecule has 8 nitrogen and oxygen atoms in total. The van der Waals surface area contributed by atoms with E-state index in [1.54, 1.807) is 54.7 Å². The number of benzene rings is 3. The summed E-state index contributed by atoms with van der Waals surface area (Å²) < 4.78 is 5.42. The molecule has 0 spiro atoms. The average molecular weight is 551 g/mol. The van der Waals surface area contributed by atoms with Gasteiger partial charge in [-0.2, -0.15) is 0 Å². The normalized spacial score (nSPS) is 16.6. The minimum absolute atomic E-state index is 0.188. The average Bonchev–Trinajstić information content (AvgIpc) is 3.64. The molecular formula is C31H26N4O4S. The fourth-order valence-corrected chi connectivity index (χ4v) is 5.43. The van der Waals surface area contributed by atoms with Gasteiger partial charge in [-0.1, -0.05) is 18.2 Å². The molecule has 1 atom stereocenters. The van der Waals surface area contributed by atoms with Crippen LogP contribution in [0.1, 0.15) is 37.1 Å². The lowest BCUT2D eigenvalue weighted by atomic mass is 9.96. The number of rotatable bonds is 7. The summed E-state index contributed by atoms with van der Waals surface area (Å²) in [6, 6.07) is 23.5. The third-order valence-corrected chi connectivity index (χ3v) is 7.78. The lowest BCUT2D eigenvalue weighted by molar-refractivity contribution is -0.115. The topological polar surface area (TPSA) is 100 Å². The molecule has 200 valence electrons. The first-order valence-electron chi connectivity index (χ1n) is 13.0. The number of nitrogens with one attached hydrogen (secondary N) is 2. The Hall–Kier alpha value is -4.60. The molecule has 1 saturated heterocycles. The number of carbonyl (C=O) groups is 3. The van der Waals surface area contributed by atoms with Crippen molar-refractivity contribution in [3.8, 4) is 0 Å². The highest BCUT2D eigenvalue weighted by Crippen LogP contribution is 2.33. The van der Waals surface area contributed by atoms with Gasteiger partial charge in [-0.05, 0) is 71.6 Å². The zero-order valence-corrected chi connectivity index (χ0v) is 22.3. The van der Waals surface area contributed by atoms with Gasteiger partial charge in [0.2, 0.25) is 5.91 Å². The third kappa shape index (κ3) is 5.42. The highest BCUT2D eigenvalue weighted by atomic mass is 32.1. The van der Waals surface area contributed by atoms with Gasteiger partial charge in [-0.15, -0.1) is 11.3 Å². The molecule has 3 aromatic carbocycles. The van der Waals surface area contributed by atoms with E-state index >= 15 is 0 Å². The Morgan fingerprint density at radius 1 is 0.975 bits per heavy atom. The highest BCUT2D eigenvalue weighted by molar-refractivity contribution is 7.12. The number of hydrogen-bond donors (Lipinski definition) is 2. The van der Waals surface area contributed by atoms with Crippen LogP contribution in [0.15, 0.2) is 89.2 Å². The number of ether oxygens (including phenoxy) is 1. The first kappa shape index (κ1) is 25.7. The van der Waals surface area contributed by atoms with Gasteiger partial charge in [0.15, 0.2) is 5.78 Å². The number of ketones is 1. The van der Waals surface area contributed by atoms with E-state index in [1.807, 2.05) is 35.7 Å². The molecule has 40 heavy (non-hydrogen) atoms. The van der Waals surface area contributed by atoms with Gasteiger partial charge >= 0.3 is 0 Å². The van der Waals surface area contributed by atoms with Gasteiger partial charge in [0, 0.05) is 47.5 Å². The second kappa shape index (κ2) is 11.3. The van der Waals surface area contributed by atoms with Crippen molar-refractivity contribution in [2.45, 2.75) is 5.92 Å². The van der Waals surface area contributed by atoms with Crippen LogP contribution in [0.4, 0.5) is 22.7 Å². The maximum Gasteiger partial charge on any atom is 0.265 e. The fraction of sp³-hybridized carbons (Fsp3) is 0.161. The van der Waals surface area contributed by atoms with Gasteiger partial charge in [0.25, 0.3) is 5.91 Å². The van der Waals surface area contributed by atoms with Crippen LogP contribution >= 0.6 is 11.3 Å². The van der Waals surface area contributed by atoms with Crippen molar-refractivity contribution in [1.82, 2.24) is 0 Å². The number of morpholine rings is 1. The number of amides is 2. The summed E-state index contributed by atoms with van der Waals surface area (Å²) in [5.74, 6) is -1.23. The standard InChI is InChI=1S/C31H26N4O4S/c36-29(20-3-1-4-23(17-20)33-31(38)28-5-2-16-40-28)21-6-11-27-25(18-21)26(30(37)34-27)19-32-22-7-9-24(10-8-22)35-12-14-39-15-13-35/h1-11,16-19,26H,12-15H2,(H,33,38)(H,34,37). The molecule has 2 aliphatic heterocycles. The van der Waals surface area contributed by atoms with E-state index < -0.39 is 5.92 Å². The van der Waals surface area contributed by atoms with Crippen LogP contribution in [0.25, 0.3) is 0 Å². The number of aliphatic imine (C=N–C) groups is 1. The van der Waals surface area contributed by atoms with Crippen molar-refractivity contribution in [3.05, 3.63) is 106 Å². The van der Waals surface area contributed by atoms with Gasteiger partial charge in [0.05, 0.1) is 23.8 Å². The molecule has 0 saturated carbocycles. The molecule has 1 aromatic heterocycles. The zero-order valence-electron chi connectivity index (χ0n) is 21.5. The van der Waals surface area contributed by atoms with Crippen LogP contribution < -0.4 is 15.5 Å². The molecule has 0 radical (unpaired) electrons. The Morgan fingerprint density at radius 2 is 1.77 bits per heavy atom. The lowest BCUT2D eigenvalue weighted by Gasteiger charge is -2.28. The summed E-state index contributed by atoms with van der Waals surface area (Å²) in [4.78, 5) is 46.0. The SMILES string of the molecule is O=C(c1cccc(NC(=O)c2cccs2)c1)c1ccc2c(c1)C(C=Nc1ccc(N3CCOCC3)cc1)C(=O)N2. The second-order valence-corrected chi connectivity index (χ2v) is 10.5. The Balaban J connectivity index is 1.18. The second-order valence-electron chi connectivity index (χ2n) is 9.50. The van der Waals surface area contributed by atoms with Crippen LogP contribution in [-0.4, -0.2) is 50.1 Å². The molecule has 2 amide bonds. The number of anilines is 3. The Morgan fingerprint density at radius 3 is 2.55 bits per heavy atom. The summed E-state index contributed by atoms with van der Waals surface area (Å²) in [6.07, 6.45) is 1.62. The molecule has 0 aliphatic carbocycles. The molecule has 2 N–H and O–H groups in total. The molecule has 1 fully saturated rings. The molecular weight excluding hydrogens is 524 g/mol. The van der Waals surface area contributed by atoms with E-state index in [0.717, 1.165) is 37.7 Å². The summed E-state index contributed by atoms with van der Waals surface area (Å²) in [5, 5.41) is 7.55. The summed E-state index contributed by atoms with van der Waals surface area (Å²) in [6.45, 7) is 3.16. The minimum atomic E-state index is -0.613. The summed E-state index contributed by atoms with van der Waals surface area (Å²) >= 11 is 1.35. The van der Waals surface area contributed by atoms with Gasteiger partial charge in [-0.3, -0.25) is 19.4 Å². The van der Waals surface area contributed by atoms with Crippen molar-refractivity contribution < 1.29 is 19.1 Å². The molecule has 9 heteroatoms. The van der Waals surface area contributed by atoms with E-state index in [9.17, 15) is 14.4 Å². The molecule has 1 unspecified atom stereocenters. The number of fused-ring (bicyclic) bond motifs is 1. The van der Waals surface area contributed by atoms with Crippen molar-refractivity contribution in [1.29, 1.82) is 0 Å². The molecule has 3 heterocycles. The molecule has 0 bridgehead atoms. The van der Waals surface area contributed by atoms with Crippen molar-refractivity contribution in [3.63, 3.8) is 0 Å². The van der Waals surface area contributed by atoms with E-state index in [1.165, 1.54) is 11.3 Å². The maximum atomic E-state index is 13.4. The van der Waals surface area contributed by atoms with Crippen molar-refractivity contribution >= 4 is 57.9 Å². The highest BCUT2D eigenvalue weighted by Gasteiger charge is 2.30. The number of nitrogens with zero attached hydrogens (tertiary/aromatic N) is 2. The first-order chi connectivity index (χ1) is 19.5. The third-order valence-electron chi connectivity index (χ3n) is 6.92. The van der Waals surface area contributed by atoms with Crippen molar-refractivity contribution in [2.24, 2.45) is 4.99 Å². The van der Waals surface area contributed by atoms with E-state index in [2.05, 4.69) is 20.5 Å². The molecule has 2 aliphatic rings. The van der Waals surface area contributed by atoms with Crippen LogP contribution in [0.5, 0.6) is 0 Å². The van der Waals surface area contributed by atoms with Crippen LogP contribution in [0, 0.1) is 0 Å². The lowest BCUT2D eigenvalue weighted by Crippen LogP contribution is -2.36. The number of thiophene rings is 1. The van der Waals surface area contributed by atoms with Gasteiger partial charge in [-0.25, -0.2) is 0 Å². The minimum Gasteiger partial charge on any atom is -0.378 e.